The van der Waals surface area contributed by atoms with E-state index in [1.165, 1.54) is 4.31 Å². The number of nitrogens with zero attached hydrogens (tertiary/aromatic N) is 3. The number of hydrogen-bond acceptors (Lipinski definition) is 8. The molecule has 2 heterocycles. The Labute approximate surface area is 218 Å². The summed E-state index contributed by atoms with van der Waals surface area (Å²) in [6, 6.07) is 6.14. The molecule has 1 aromatic carbocycles. The molecule has 1 saturated carbocycles. The van der Waals surface area contributed by atoms with Crippen LogP contribution in [0.15, 0.2) is 34.0 Å². The average Bonchev–Trinajstić information content (AvgIpc) is 3.36. The third kappa shape index (κ3) is 5.46. The van der Waals surface area contributed by atoms with E-state index in [9.17, 15) is 22.8 Å². The maximum Gasteiger partial charge on any atom is 0.405 e. The van der Waals surface area contributed by atoms with Gasteiger partial charge in [-0.25, -0.2) is 18.2 Å². The van der Waals surface area contributed by atoms with E-state index in [0.717, 1.165) is 16.9 Å². The van der Waals surface area contributed by atoms with E-state index in [4.69, 9.17) is 10.8 Å². The molecule has 1 unspecified atom stereocenters. The summed E-state index contributed by atoms with van der Waals surface area (Å²) in [5.41, 5.74) is 6.34. The van der Waals surface area contributed by atoms with E-state index in [1.54, 1.807) is 36.6 Å². The van der Waals surface area contributed by atoms with Gasteiger partial charge in [0.05, 0.1) is 5.69 Å². The first-order valence-corrected chi connectivity index (χ1v) is 14.2. The zero-order valence-corrected chi connectivity index (χ0v) is 22.1. The van der Waals surface area contributed by atoms with Gasteiger partial charge in [-0.05, 0) is 25.5 Å². The van der Waals surface area contributed by atoms with Crippen molar-refractivity contribution in [2.45, 2.75) is 41.6 Å². The van der Waals surface area contributed by atoms with Crippen LogP contribution < -0.4 is 16.4 Å². The predicted octanol–water partition coefficient (Wildman–Crippen LogP) is 0.620. The molecule has 0 radical (unpaired) electrons. The molecule has 1 saturated heterocycles. The molecule has 2 fully saturated rings. The van der Waals surface area contributed by atoms with Gasteiger partial charge in [-0.3, -0.25) is 9.59 Å². The van der Waals surface area contributed by atoms with Crippen molar-refractivity contribution >= 4 is 39.3 Å². The smallest absolute Gasteiger partial charge is 0.405 e. The second-order valence-electron chi connectivity index (χ2n) is 9.32. The molecule has 1 aliphatic carbocycles. The summed E-state index contributed by atoms with van der Waals surface area (Å²) in [7, 11) is -1.70. The van der Waals surface area contributed by atoms with Crippen LogP contribution in [0.1, 0.15) is 31.2 Å². The first-order valence-electron chi connectivity index (χ1n) is 11.8. The van der Waals surface area contributed by atoms with Crippen molar-refractivity contribution in [1.82, 2.24) is 24.8 Å². The summed E-state index contributed by atoms with van der Waals surface area (Å²) in [4.78, 5) is 42.3. The van der Waals surface area contributed by atoms with Crippen molar-refractivity contribution in [3.63, 3.8) is 0 Å². The normalized spacial score (nSPS) is 23.2. The van der Waals surface area contributed by atoms with Gasteiger partial charge < -0.3 is 26.4 Å². The van der Waals surface area contributed by atoms with Crippen molar-refractivity contribution in [3.05, 3.63) is 35.2 Å². The van der Waals surface area contributed by atoms with Crippen LogP contribution in [0.25, 0.3) is 11.3 Å². The van der Waals surface area contributed by atoms with E-state index in [-0.39, 0.29) is 16.7 Å². The minimum Gasteiger partial charge on any atom is -0.465 e. The molecule has 12 nitrogen and oxygen atoms in total. The summed E-state index contributed by atoms with van der Waals surface area (Å²) in [6.45, 7) is 3.84. The number of thiazole rings is 1. The topological polar surface area (TPSA) is 175 Å². The molecule has 0 bridgehead atoms. The molecule has 3 amide bonds. The highest BCUT2D eigenvalue weighted by molar-refractivity contribution is 7.91. The Morgan fingerprint density at radius 2 is 1.86 bits per heavy atom. The number of likely N-dealkylation sites (N-methyl/N-ethyl adjacent to an activating group) is 1. The summed E-state index contributed by atoms with van der Waals surface area (Å²) in [5.74, 6) is -1.67. The summed E-state index contributed by atoms with van der Waals surface area (Å²) in [6.07, 6.45) is -0.826. The number of aromatic nitrogens is 1. The molecule has 37 heavy (non-hydrogen) atoms. The molecule has 4 rings (SSSR count). The van der Waals surface area contributed by atoms with Crippen LogP contribution in [0, 0.1) is 0 Å². The number of carboxylic acid groups (broad SMARTS) is 1. The quantitative estimate of drug-likeness (QED) is 0.351. The highest BCUT2D eigenvalue weighted by Gasteiger charge is 2.61. The molecule has 3 atom stereocenters. The molecule has 1 aromatic heterocycles. The van der Waals surface area contributed by atoms with Crippen molar-refractivity contribution < 1.29 is 27.9 Å². The van der Waals surface area contributed by atoms with E-state index in [0.29, 0.717) is 43.9 Å². The second-order valence-corrected chi connectivity index (χ2v) is 12.3. The van der Waals surface area contributed by atoms with Crippen LogP contribution in [0.2, 0.25) is 0 Å². The maximum atomic E-state index is 13.0. The molecule has 200 valence electrons. The Balaban J connectivity index is 1.47. The lowest BCUT2D eigenvalue weighted by Crippen LogP contribution is -2.54. The average molecular weight is 551 g/mol. The Bertz CT molecular complexity index is 1290. The summed E-state index contributed by atoms with van der Waals surface area (Å²) < 4.78 is 27.5. The number of carbonyl (C=O) groups is 3. The first kappa shape index (κ1) is 27.0. The largest absolute Gasteiger partial charge is 0.465 e. The van der Waals surface area contributed by atoms with Gasteiger partial charge in [-0.1, -0.05) is 31.2 Å². The SMILES string of the molecule is CCC(NC(=O)O)C(=O)N[C@@]1(C(N)=O)C[C@H]1c1ccc(-c2csc(S(=O)(=O)N3CCN(C)CC3)n2)cc1. The predicted molar refractivity (Wildman–Crippen MR) is 136 cm³/mol. The van der Waals surface area contributed by atoms with Crippen molar-refractivity contribution in [2.24, 2.45) is 5.73 Å². The van der Waals surface area contributed by atoms with Crippen LogP contribution in [-0.4, -0.2) is 90.4 Å². The van der Waals surface area contributed by atoms with Gasteiger partial charge in [0.2, 0.25) is 16.2 Å². The lowest BCUT2D eigenvalue weighted by Gasteiger charge is -2.30. The van der Waals surface area contributed by atoms with Crippen LogP contribution in [-0.2, 0) is 19.6 Å². The van der Waals surface area contributed by atoms with Crippen LogP contribution in [0.4, 0.5) is 4.79 Å². The van der Waals surface area contributed by atoms with Crippen LogP contribution in [0.5, 0.6) is 0 Å². The van der Waals surface area contributed by atoms with Gasteiger partial charge in [0.15, 0.2) is 0 Å². The lowest BCUT2D eigenvalue weighted by atomic mass is 10.0. The fraction of sp³-hybridized carbons (Fsp3) is 0.478. The maximum absolute atomic E-state index is 13.0. The number of carbonyl (C=O) groups excluding carboxylic acids is 2. The Morgan fingerprint density at radius 3 is 2.43 bits per heavy atom. The van der Waals surface area contributed by atoms with Crippen LogP contribution >= 0.6 is 11.3 Å². The van der Waals surface area contributed by atoms with Gasteiger partial charge in [-0.15, -0.1) is 11.3 Å². The van der Waals surface area contributed by atoms with Crippen molar-refractivity contribution in [2.75, 3.05) is 33.2 Å². The number of sulfonamides is 1. The molecule has 14 heteroatoms. The molecule has 1 aliphatic heterocycles. The summed E-state index contributed by atoms with van der Waals surface area (Å²) >= 11 is 1.08. The standard InChI is InChI=1S/C23H30N6O6S2/c1-3-17(25-21(32)33)19(30)27-23(20(24)31)12-16(23)14-4-6-15(7-5-14)18-13-36-22(26-18)37(34,35)29-10-8-28(2)9-11-29/h4-7,13,16-17,25H,3,8-12H2,1-2H3,(H2,24,31)(H,27,30)(H,32,33)/t16-,17?,23-/m0/s1. The van der Waals surface area contributed by atoms with Crippen molar-refractivity contribution in [1.29, 1.82) is 0 Å². The number of rotatable bonds is 9. The van der Waals surface area contributed by atoms with Crippen molar-refractivity contribution in [3.8, 4) is 11.3 Å². The Kier molecular flexibility index (Phi) is 7.55. The number of nitrogens with two attached hydrogens (primary N) is 1. The molecule has 2 aliphatic rings. The van der Waals surface area contributed by atoms with Gasteiger partial charge in [-0.2, -0.15) is 4.31 Å². The van der Waals surface area contributed by atoms with Gasteiger partial charge >= 0.3 is 6.09 Å². The third-order valence-corrected chi connectivity index (χ3v) is 10.0. The Morgan fingerprint density at radius 1 is 1.22 bits per heavy atom. The number of nitrogens with one attached hydrogen (secondary N) is 2. The van der Waals surface area contributed by atoms with E-state index in [2.05, 4.69) is 20.5 Å². The number of amides is 3. The molecule has 0 spiro atoms. The molecular weight excluding hydrogens is 520 g/mol. The zero-order valence-electron chi connectivity index (χ0n) is 20.5. The zero-order chi connectivity index (χ0) is 27.0. The fourth-order valence-electron chi connectivity index (χ4n) is 4.48. The van der Waals surface area contributed by atoms with Gasteiger partial charge in [0.25, 0.3) is 10.0 Å². The van der Waals surface area contributed by atoms with E-state index < -0.39 is 39.5 Å². The molecular formula is C23H30N6O6S2. The molecule has 5 N–H and O–H groups in total. The summed E-state index contributed by atoms with van der Waals surface area (Å²) in [5, 5.41) is 15.4. The van der Waals surface area contributed by atoms with E-state index in [1.807, 2.05) is 7.05 Å². The number of piperazine rings is 1. The van der Waals surface area contributed by atoms with Gasteiger partial charge in [0.1, 0.15) is 11.6 Å². The number of benzene rings is 1. The van der Waals surface area contributed by atoms with Gasteiger partial charge in [0, 0.05) is 43.0 Å². The van der Waals surface area contributed by atoms with E-state index >= 15 is 0 Å². The number of primary amides is 1. The third-order valence-electron chi connectivity index (χ3n) is 6.88. The van der Waals surface area contributed by atoms with Crippen LogP contribution in [0.3, 0.4) is 0 Å². The highest BCUT2D eigenvalue weighted by Crippen LogP contribution is 2.51. The Hall–Kier alpha value is -3.07. The minimum absolute atomic E-state index is 0.0502. The second kappa shape index (κ2) is 10.4. The fourth-order valence-corrected chi connectivity index (χ4v) is 7.06. The monoisotopic (exact) mass is 550 g/mol. The highest BCUT2D eigenvalue weighted by atomic mass is 32.2. The number of hydrogen-bond donors (Lipinski definition) is 4. The molecule has 2 aromatic rings. The lowest BCUT2D eigenvalue weighted by molar-refractivity contribution is -0.129. The minimum atomic E-state index is -3.66. The first-order chi connectivity index (χ1) is 17.5.